The number of benzene rings is 1. The number of hydrogen-bond donors (Lipinski definition) is 2. The molecule has 0 bridgehead atoms. The molecule has 0 atom stereocenters. The summed E-state index contributed by atoms with van der Waals surface area (Å²) in [6, 6.07) is 9.51. The van der Waals surface area contributed by atoms with Gasteiger partial charge in [0.05, 0.1) is 11.4 Å². The Morgan fingerprint density at radius 2 is 1.97 bits per heavy atom. The molecule has 3 aromatic rings. The Labute approximate surface area is 201 Å². The van der Waals surface area contributed by atoms with Gasteiger partial charge < -0.3 is 25.6 Å². The van der Waals surface area contributed by atoms with Gasteiger partial charge in [-0.15, -0.1) is 0 Å². The van der Waals surface area contributed by atoms with Crippen LogP contribution in [-0.4, -0.2) is 52.1 Å². The van der Waals surface area contributed by atoms with Crippen LogP contribution in [0.3, 0.4) is 0 Å². The van der Waals surface area contributed by atoms with E-state index in [1.54, 1.807) is 41.4 Å². The number of urea groups is 1. The second kappa shape index (κ2) is 10.5. The van der Waals surface area contributed by atoms with Crippen LogP contribution in [0.4, 0.5) is 26.6 Å². The van der Waals surface area contributed by atoms with Crippen molar-refractivity contribution in [2.24, 2.45) is 0 Å². The number of nitrogens with zero attached hydrogens (tertiary/aromatic N) is 5. The van der Waals surface area contributed by atoms with E-state index in [1.807, 2.05) is 11.8 Å². The molecule has 0 saturated carbocycles. The number of carbonyl (C=O) groups excluding carboxylic acids is 1. The normalized spacial score (nSPS) is 13.6. The van der Waals surface area contributed by atoms with Gasteiger partial charge in [0.1, 0.15) is 17.6 Å². The standard InChI is InChI=1S/C23H25ClFN7O2/c1-2-15-3-4-17(25)18(13-15)29-23(33)32-11-9-31(10-12-32)21-19(5-6-20(24)30-21)34-14-16-7-8-27-22(26)28-16/h3-8,13H,2,9-12,14H2,1H3,(H,29,33)(H2,26,27,28). The van der Waals surface area contributed by atoms with Gasteiger partial charge in [-0.1, -0.05) is 24.6 Å². The van der Waals surface area contributed by atoms with Crippen molar-refractivity contribution in [3.8, 4) is 5.75 Å². The summed E-state index contributed by atoms with van der Waals surface area (Å²) in [6.45, 7) is 4.04. The molecule has 1 fully saturated rings. The van der Waals surface area contributed by atoms with Gasteiger partial charge in [0.25, 0.3) is 0 Å². The van der Waals surface area contributed by atoms with E-state index in [1.165, 1.54) is 6.07 Å². The molecule has 34 heavy (non-hydrogen) atoms. The summed E-state index contributed by atoms with van der Waals surface area (Å²) in [6.07, 6.45) is 2.32. The Balaban J connectivity index is 1.40. The number of piperazine rings is 1. The largest absolute Gasteiger partial charge is 0.483 e. The molecule has 2 amide bonds. The van der Waals surface area contributed by atoms with Crippen LogP contribution in [0.1, 0.15) is 18.2 Å². The van der Waals surface area contributed by atoms with Crippen molar-refractivity contribution in [2.45, 2.75) is 20.0 Å². The molecule has 1 aliphatic rings. The summed E-state index contributed by atoms with van der Waals surface area (Å²) in [5, 5.41) is 3.02. The van der Waals surface area contributed by atoms with Crippen LogP contribution in [0.25, 0.3) is 0 Å². The third kappa shape index (κ3) is 5.63. The van der Waals surface area contributed by atoms with E-state index in [2.05, 4.69) is 20.3 Å². The molecule has 1 saturated heterocycles. The highest BCUT2D eigenvalue weighted by Gasteiger charge is 2.25. The van der Waals surface area contributed by atoms with Crippen molar-refractivity contribution >= 4 is 35.1 Å². The molecular formula is C23H25ClFN7O2. The lowest BCUT2D eigenvalue weighted by molar-refractivity contribution is 0.207. The van der Waals surface area contributed by atoms with Crippen LogP contribution in [0.15, 0.2) is 42.6 Å². The molecule has 1 aliphatic heterocycles. The number of nitrogens with one attached hydrogen (secondary N) is 1. The smallest absolute Gasteiger partial charge is 0.322 e. The molecule has 2 aromatic heterocycles. The third-order valence-corrected chi connectivity index (χ3v) is 5.67. The second-order valence-corrected chi connectivity index (χ2v) is 8.11. The number of aromatic nitrogens is 3. The predicted octanol–water partition coefficient (Wildman–Crippen LogP) is 3.74. The maximum Gasteiger partial charge on any atom is 0.322 e. The fourth-order valence-electron chi connectivity index (χ4n) is 3.60. The number of nitrogens with two attached hydrogens (primary N) is 1. The number of hydrogen-bond acceptors (Lipinski definition) is 7. The molecule has 0 radical (unpaired) electrons. The summed E-state index contributed by atoms with van der Waals surface area (Å²) < 4.78 is 20.1. The lowest BCUT2D eigenvalue weighted by Crippen LogP contribution is -2.50. The van der Waals surface area contributed by atoms with Crippen LogP contribution >= 0.6 is 11.6 Å². The molecule has 0 spiro atoms. The van der Waals surface area contributed by atoms with Crippen molar-refractivity contribution in [3.05, 3.63) is 64.8 Å². The predicted molar refractivity (Wildman–Crippen MR) is 129 cm³/mol. The van der Waals surface area contributed by atoms with Crippen LogP contribution in [0.2, 0.25) is 5.15 Å². The fraction of sp³-hybridized carbons (Fsp3) is 0.304. The van der Waals surface area contributed by atoms with Gasteiger partial charge in [0, 0.05) is 32.4 Å². The maximum absolute atomic E-state index is 14.1. The second-order valence-electron chi connectivity index (χ2n) is 7.72. The first-order chi connectivity index (χ1) is 16.4. The number of carbonyl (C=O) groups is 1. The lowest BCUT2D eigenvalue weighted by Gasteiger charge is -2.36. The summed E-state index contributed by atoms with van der Waals surface area (Å²) in [7, 11) is 0. The minimum absolute atomic E-state index is 0.172. The summed E-state index contributed by atoms with van der Waals surface area (Å²) in [5.41, 5.74) is 7.40. The first kappa shape index (κ1) is 23.5. The fourth-order valence-corrected chi connectivity index (χ4v) is 3.74. The summed E-state index contributed by atoms with van der Waals surface area (Å²) >= 11 is 6.14. The number of amides is 2. The number of nitrogen functional groups attached to an aromatic ring is 1. The highest BCUT2D eigenvalue weighted by molar-refractivity contribution is 6.29. The molecule has 0 unspecified atom stereocenters. The quantitative estimate of drug-likeness (QED) is 0.512. The highest BCUT2D eigenvalue weighted by atomic mass is 35.5. The highest BCUT2D eigenvalue weighted by Crippen LogP contribution is 2.29. The van der Waals surface area contributed by atoms with E-state index < -0.39 is 5.82 Å². The van der Waals surface area contributed by atoms with Gasteiger partial charge >= 0.3 is 6.03 Å². The zero-order valence-corrected chi connectivity index (χ0v) is 19.4. The number of anilines is 3. The number of pyridine rings is 1. The van der Waals surface area contributed by atoms with Crippen LogP contribution < -0.4 is 20.7 Å². The van der Waals surface area contributed by atoms with Crippen LogP contribution in [-0.2, 0) is 13.0 Å². The van der Waals surface area contributed by atoms with Crippen LogP contribution in [0.5, 0.6) is 5.75 Å². The Morgan fingerprint density at radius 1 is 1.18 bits per heavy atom. The minimum Gasteiger partial charge on any atom is -0.483 e. The molecule has 3 heterocycles. The van der Waals surface area contributed by atoms with Crippen molar-refractivity contribution in [3.63, 3.8) is 0 Å². The molecule has 9 nitrogen and oxygen atoms in total. The van der Waals surface area contributed by atoms with Crippen LogP contribution in [0, 0.1) is 5.82 Å². The zero-order chi connectivity index (χ0) is 24.1. The molecule has 3 N–H and O–H groups in total. The van der Waals surface area contributed by atoms with Crippen molar-refractivity contribution in [2.75, 3.05) is 42.1 Å². The van der Waals surface area contributed by atoms with Crippen molar-refractivity contribution < 1.29 is 13.9 Å². The summed E-state index contributed by atoms with van der Waals surface area (Å²) in [4.78, 5) is 28.8. The molecule has 1 aromatic carbocycles. The number of halogens is 2. The Kier molecular flexibility index (Phi) is 7.27. The molecule has 178 valence electrons. The van der Waals surface area contributed by atoms with Gasteiger partial charge in [-0.3, -0.25) is 0 Å². The van der Waals surface area contributed by atoms with E-state index in [9.17, 15) is 9.18 Å². The van der Waals surface area contributed by atoms with Gasteiger partial charge in [-0.2, -0.15) is 0 Å². The van der Waals surface area contributed by atoms with Gasteiger partial charge in [-0.25, -0.2) is 24.1 Å². The average molecular weight is 486 g/mol. The molecule has 0 aliphatic carbocycles. The Bertz CT molecular complexity index is 1170. The zero-order valence-electron chi connectivity index (χ0n) is 18.7. The molecule has 11 heteroatoms. The maximum atomic E-state index is 14.1. The van der Waals surface area contributed by atoms with E-state index in [0.717, 1.165) is 12.0 Å². The van der Waals surface area contributed by atoms with Gasteiger partial charge in [-0.05, 0) is 42.3 Å². The first-order valence-electron chi connectivity index (χ1n) is 10.9. The first-order valence-corrected chi connectivity index (χ1v) is 11.3. The average Bonchev–Trinajstić information content (AvgIpc) is 2.84. The SMILES string of the molecule is CCc1ccc(F)c(NC(=O)N2CCN(c3nc(Cl)ccc3OCc3ccnc(N)n3)CC2)c1. The topological polar surface area (TPSA) is 110 Å². The van der Waals surface area contributed by atoms with Crippen molar-refractivity contribution in [1.29, 1.82) is 0 Å². The van der Waals surface area contributed by atoms with Crippen molar-refractivity contribution in [1.82, 2.24) is 19.9 Å². The Morgan fingerprint density at radius 3 is 2.71 bits per heavy atom. The van der Waals surface area contributed by atoms with Gasteiger partial charge in [0.15, 0.2) is 11.6 Å². The lowest BCUT2D eigenvalue weighted by atomic mass is 10.1. The van der Waals surface area contributed by atoms with E-state index >= 15 is 0 Å². The monoisotopic (exact) mass is 485 g/mol. The number of ether oxygens (including phenoxy) is 1. The van der Waals surface area contributed by atoms with E-state index in [-0.39, 0.29) is 24.3 Å². The van der Waals surface area contributed by atoms with E-state index in [4.69, 9.17) is 22.1 Å². The minimum atomic E-state index is -0.459. The van der Waals surface area contributed by atoms with Gasteiger partial charge in [0.2, 0.25) is 5.95 Å². The molecular weight excluding hydrogens is 461 g/mol. The van der Waals surface area contributed by atoms with E-state index in [0.29, 0.717) is 48.6 Å². The Hall–Kier alpha value is -3.66. The summed E-state index contributed by atoms with van der Waals surface area (Å²) in [5.74, 6) is 0.833. The third-order valence-electron chi connectivity index (χ3n) is 5.46. The molecule has 4 rings (SSSR count). The number of rotatable bonds is 6. The number of aryl methyl sites for hydroxylation is 1.